The maximum Gasteiger partial charge on any atom is 0.227 e. The minimum absolute atomic E-state index is 0.0289. The van der Waals surface area contributed by atoms with Crippen LogP contribution < -0.4 is 4.90 Å². The van der Waals surface area contributed by atoms with Gasteiger partial charge in [0.05, 0.1) is 12.3 Å². The van der Waals surface area contributed by atoms with Gasteiger partial charge in [0.25, 0.3) is 0 Å². The van der Waals surface area contributed by atoms with Crippen LogP contribution in [0.15, 0.2) is 59.8 Å². The van der Waals surface area contributed by atoms with Crippen molar-refractivity contribution in [3.63, 3.8) is 0 Å². The summed E-state index contributed by atoms with van der Waals surface area (Å²) in [6.45, 7) is 3.34. The molecule has 0 atom stereocenters. The minimum atomic E-state index is 0.0289. The molecular weight excluding hydrogens is 384 g/mol. The number of nitrogens with zero attached hydrogens (tertiary/aromatic N) is 4. The summed E-state index contributed by atoms with van der Waals surface area (Å²) in [6.07, 6.45) is 1.49. The molecule has 148 valence electrons. The van der Waals surface area contributed by atoms with Gasteiger partial charge in [-0.1, -0.05) is 42.1 Å². The van der Waals surface area contributed by atoms with Crippen molar-refractivity contribution in [2.45, 2.75) is 31.5 Å². The van der Waals surface area contributed by atoms with Crippen molar-refractivity contribution in [2.24, 2.45) is 0 Å². The van der Waals surface area contributed by atoms with Gasteiger partial charge in [-0.3, -0.25) is 9.59 Å². The van der Waals surface area contributed by atoms with Crippen molar-refractivity contribution in [1.82, 2.24) is 14.8 Å². The van der Waals surface area contributed by atoms with E-state index in [2.05, 4.69) is 22.3 Å². The van der Waals surface area contributed by atoms with Crippen LogP contribution in [-0.4, -0.2) is 38.8 Å². The quantitative estimate of drug-likeness (QED) is 0.442. The highest BCUT2D eigenvalue weighted by Gasteiger charge is 2.21. The van der Waals surface area contributed by atoms with E-state index in [0.717, 1.165) is 35.2 Å². The summed E-state index contributed by atoms with van der Waals surface area (Å²) in [7, 11) is 0. The molecule has 0 saturated carbocycles. The van der Waals surface area contributed by atoms with Crippen molar-refractivity contribution >= 4 is 29.1 Å². The van der Waals surface area contributed by atoms with Crippen molar-refractivity contribution in [2.75, 3.05) is 17.2 Å². The summed E-state index contributed by atoms with van der Waals surface area (Å²) in [4.78, 5) is 26.3. The van der Waals surface area contributed by atoms with E-state index in [1.165, 1.54) is 11.8 Å². The van der Waals surface area contributed by atoms with Crippen LogP contribution in [0.25, 0.3) is 0 Å². The van der Waals surface area contributed by atoms with Crippen LogP contribution in [0.2, 0.25) is 0 Å². The van der Waals surface area contributed by atoms with E-state index in [1.807, 2.05) is 41.8 Å². The second-order valence-corrected chi connectivity index (χ2v) is 7.95. The van der Waals surface area contributed by atoms with Crippen LogP contribution in [0, 0.1) is 6.92 Å². The number of ketones is 1. The monoisotopic (exact) mass is 406 g/mol. The summed E-state index contributed by atoms with van der Waals surface area (Å²) < 4.78 is 2.02. The Bertz CT molecular complexity index is 1020. The predicted octanol–water partition coefficient (Wildman–Crippen LogP) is 3.74. The fourth-order valence-corrected chi connectivity index (χ4v) is 4.26. The molecule has 1 fully saturated rings. The van der Waals surface area contributed by atoms with Crippen molar-refractivity contribution < 1.29 is 9.59 Å². The van der Waals surface area contributed by atoms with Gasteiger partial charge < -0.3 is 9.47 Å². The number of benzene rings is 2. The third-order valence-electron chi connectivity index (χ3n) is 4.99. The highest BCUT2D eigenvalue weighted by atomic mass is 32.2. The second kappa shape index (κ2) is 8.61. The Morgan fingerprint density at radius 3 is 2.52 bits per heavy atom. The Labute approximate surface area is 173 Å². The summed E-state index contributed by atoms with van der Waals surface area (Å²) in [5.41, 5.74) is 2.66. The van der Waals surface area contributed by atoms with Gasteiger partial charge in [0.1, 0.15) is 5.82 Å². The lowest BCUT2D eigenvalue weighted by atomic mass is 10.1. The molecule has 1 aromatic heterocycles. The molecule has 0 N–H and O–H groups in total. The molecule has 2 heterocycles. The average Bonchev–Trinajstić information content (AvgIpc) is 3.33. The molecular formula is C22H22N4O2S. The molecule has 29 heavy (non-hydrogen) atoms. The molecule has 1 aliphatic heterocycles. The molecule has 0 radical (unpaired) electrons. The Kier molecular flexibility index (Phi) is 5.76. The first kappa shape index (κ1) is 19.4. The van der Waals surface area contributed by atoms with Gasteiger partial charge >= 0.3 is 0 Å². The molecule has 1 aliphatic rings. The Morgan fingerprint density at radius 2 is 1.83 bits per heavy atom. The first-order chi connectivity index (χ1) is 14.1. The Balaban J connectivity index is 1.40. The zero-order valence-corrected chi connectivity index (χ0v) is 17.1. The summed E-state index contributed by atoms with van der Waals surface area (Å²) in [5.74, 6) is 1.28. The molecule has 6 nitrogen and oxygen atoms in total. The van der Waals surface area contributed by atoms with E-state index in [-0.39, 0.29) is 17.4 Å². The molecule has 0 bridgehead atoms. The van der Waals surface area contributed by atoms with E-state index in [0.29, 0.717) is 18.5 Å². The number of aryl methyl sites for hydroxylation is 1. The number of anilines is 1. The lowest BCUT2D eigenvalue weighted by Crippen LogP contribution is -2.23. The highest BCUT2D eigenvalue weighted by Crippen LogP contribution is 2.23. The fourth-order valence-electron chi connectivity index (χ4n) is 3.38. The number of hydrogen-bond donors (Lipinski definition) is 0. The number of hydrogen-bond acceptors (Lipinski definition) is 5. The van der Waals surface area contributed by atoms with Crippen molar-refractivity contribution in [3.05, 3.63) is 71.5 Å². The second-order valence-electron chi connectivity index (χ2n) is 7.01. The molecule has 7 heteroatoms. The smallest absolute Gasteiger partial charge is 0.227 e. The molecule has 1 saturated heterocycles. The van der Waals surface area contributed by atoms with Gasteiger partial charge in [-0.2, -0.15) is 0 Å². The molecule has 3 aromatic rings. The number of rotatable bonds is 7. The first-order valence-electron chi connectivity index (χ1n) is 9.62. The standard InChI is InChI=1S/C22H22N4O2S/c1-16-23-24-22(26(16)14-17-6-3-2-4-7-17)29-15-20(27)18-9-11-19(12-10-18)25-13-5-8-21(25)28/h2-4,6-7,9-12H,5,8,13-15H2,1H3. The predicted molar refractivity (Wildman–Crippen MR) is 113 cm³/mol. The van der Waals surface area contributed by atoms with Crippen molar-refractivity contribution in [1.29, 1.82) is 0 Å². The number of aromatic nitrogens is 3. The van der Waals surface area contributed by atoms with Crippen LogP contribution in [0.1, 0.15) is 34.6 Å². The van der Waals surface area contributed by atoms with Gasteiger partial charge in [0.15, 0.2) is 10.9 Å². The molecule has 4 rings (SSSR count). The third kappa shape index (κ3) is 4.40. The first-order valence-corrected chi connectivity index (χ1v) is 10.6. The van der Waals surface area contributed by atoms with E-state index in [4.69, 9.17) is 0 Å². The highest BCUT2D eigenvalue weighted by molar-refractivity contribution is 7.99. The van der Waals surface area contributed by atoms with Gasteiger partial charge in [-0.25, -0.2) is 0 Å². The lowest BCUT2D eigenvalue weighted by Gasteiger charge is -2.15. The zero-order valence-electron chi connectivity index (χ0n) is 16.2. The summed E-state index contributed by atoms with van der Waals surface area (Å²) in [6, 6.07) is 17.4. The Hall–Kier alpha value is -2.93. The minimum Gasteiger partial charge on any atom is -0.312 e. The van der Waals surface area contributed by atoms with E-state index in [1.54, 1.807) is 17.0 Å². The number of carbonyl (C=O) groups excluding carboxylic acids is 2. The third-order valence-corrected chi connectivity index (χ3v) is 5.96. The molecule has 0 aliphatic carbocycles. The van der Waals surface area contributed by atoms with Crippen LogP contribution in [-0.2, 0) is 11.3 Å². The van der Waals surface area contributed by atoms with Gasteiger partial charge in [0.2, 0.25) is 5.91 Å². The molecule has 0 unspecified atom stereocenters. The van der Waals surface area contributed by atoms with Crippen LogP contribution in [0.5, 0.6) is 0 Å². The molecule has 0 spiro atoms. The van der Waals surface area contributed by atoms with Crippen molar-refractivity contribution in [3.8, 4) is 0 Å². The number of Topliss-reactive ketones (excluding diaryl/α,β-unsaturated/α-hetero) is 1. The van der Waals surface area contributed by atoms with Crippen LogP contribution in [0.4, 0.5) is 5.69 Å². The summed E-state index contributed by atoms with van der Waals surface area (Å²) in [5, 5.41) is 9.14. The van der Waals surface area contributed by atoms with E-state index in [9.17, 15) is 9.59 Å². The fraction of sp³-hybridized carbons (Fsp3) is 0.273. The lowest BCUT2D eigenvalue weighted by molar-refractivity contribution is -0.117. The van der Waals surface area contributed by atoms with Crippen LogP contribution >= 0.6 is 11.8 Å². The van der Waals surface area contributed by atoms with Gasteiger partial charge in [-0.05, 0) is 43.2 Å². The maximum absolute atomic E-state index is 12.6. The Morgan fingerprint density at radius 1 is 1.07 bits per heavy atom. The SMILES string of the molecule is Cc1nnc(SCC(=O)c2ccc(N3CCCC3=O)cc2)n1Cc1ccccc1. The summed E-state index contributed by atoms with van der Waals surface area (Å²) >= 11 is 1.40. The molecule has 1 amide bonds. The molecule has 2 aromatic carbocycles. The average molecular weight is 407 g/mol. The van der Waals surface area contributed by atoms with Gasteiger partial charge in [0, 0.05) is 24.2 Å². The normalized spacial score (nSPS) is 13.8. The number of thioether (sulfide) groups is 1. The van der Waals surface area contributed by atoms with E-state index < -0.39 is 0 Å². The van der Waals surface area contributed by atoms with Crippen LogP contribution in [0.3, 0.4) is 0 Å². The number of carbonyl (C=O) groups is 2. The largest absolute Gasteiger partial charge is 0.312 e. The van der Waals surface area contributed by atoms with E-state index >= 15 is 0 Å². The van der Waals surface area contributed by atoms with Gasteiger partial charge in [-0.15, -0.1) is 10.2 Å². The topological polar surface area (TPSA) is 68.1 Å². The zero-order chi connectivity index (χ0) is 20.2. The maximum atomic E-state index is 12.6. The number of amides is 1.